The summed E-state index contributed by atoms with van der Waals surface area (Å²) in [5, 5.41) is 0.533. The number of hydrogen-bond donors (Lipinski definition) is 1. The third-order valence-corrected chi connectivity index (χ3v) is 5.92. The van der Waals surface area contributed by atoms with Crippen LogP contribution in [0, 0.1) is 0 Å². The molecule has 106 valence electrons. The average Bonchev–Trinajstić information content (AvgIpc) is 2.39. The van der Waals surface area contributed by atoms with Gasteiger partial charge in [0.1, 0.15) is 0 Å². The van der Waals surface area contributed by atoms with E-state index >= 15 is 0 Å². The number of sulfonamides is 1. The van der Waals surface area contributed by atoms with E-state index in [4.69, 9.17) is 17.3 Å². The van der Waals surface area contributed by atoms with Crippen molar-refractivity contribution in [2.24, 2.45) is 5.73 Å². The van der Waals surface area contributed by atoms with Gasteiger partial charge in [0.05, 0.1) is 4.90 Å². The lowest BCUT2D eigenvalue weighted by Gasteiger charge is -2.32. The molecule has 0 atom stereocenters. The molecule has 1 aliphatic rings. The second-order valence-electron chi connectivity index (χ2n) is 5.04. The molecule has 4 nitrogen and oxygen atoms in total. The summed E-state index contributed by atoms with van der Waals surface area (Å²) in [5.74, 6) is 0. The summed E-state index contributed by atoms with van der Waals surface area (Å²) in [6.45, 7) is 0. The Morgan fingerprint density at radius 3 is 2.21 bits per heavy atom. The van der Waals surface area contributed by atoms with Gasteiger partial charge in [-0.2, -0.15) is 4.31 Å². The van der Waals surface area contributed by atoms with Gasteiger partial charge in [-0.15, -0.1) is 0 Å². The van der Waals surface area contributed by atoms with Crippen molar-refractivity contribution < 1.29 is 8.42 Å². The topological polar surface area (TPSA) is 63.4 Å². The molecule has 6 heteroatoms. The number of nitrogens with two attached hydrogens (primary N) is 1. The summed E-state index contributed by atoms with van der Waals surface area (Å²) in [7, 11) is -1.79. The largest absolute Gasteiger partial charge is 0.328 e. The molecule has 1 aromatic rings. The zero-order chi connectivity index (χ0) is 14.0. The summed E-state index contributed by atoms with van der Waals surface area (Å²) in [6.07, 6.45) is 3.41. The van der Waals surface area contributed by atoms with E-state index in [1.165, 1.54) is 4.31 Å². The molecule has 1 aliphatic carbocycles. The first kappa shape index (κ1) is 14.8. The lowest BCUT2D eigenvalue weighted by molar-refractivity contribution is 0.268. The molecule has 0 bridgehead atoms. The van der Waals surface area contributed by atoms with Gasteiger partial charge in [-0.3, -0.25) is 0 Å². The Labute approximate surface area is 119 Å². The molecule has 0 radical (unpaired) electrons. The highest BCUT2D eigenvalue weighted by atomic mass is 35.5. The molecule has 0 aromatic heterocycles. The van der Waals surface area contributed by atoms with E-state index in [0.29, 0.717) is 5.02 Å². The molecule has 0 amide bonds. The molecule has 1 fully saturated rings. The minimum atomic E-state index is -3.44. The SMILES string of the molecule is CN(C1CCC(N)CC1)S(=O)(=O)c1ccc(Cl)cc1. The number of nitrogens with zero attached hydrogens (tertiary/aromatic N) is 1. The van der Waals surface area contributed by atoms with Crippen molar-refractivity contribution in [3.05, 3.63) is 29.3 Å². The summed E-state index contributed by atoms with van der Waals surface area (Å²) in [4.78, 5) is 0.286. The molecule has 0 unspecified atom stereocenters. The van der Waals surface area contributed by atoms with Crippen LogP contribution in [0.15, 0.2) is 29.2 Å². The maximum absolute atomic E-state index is 12.5. The van der Waals surface area contributed by atoms with E-state index in [0.717, 1.165) is 25.7 Å². The molecular formula is C13H19ClN2O2S. The van der Waals surface area contributed by atoms with Gasteiger partial charge in [-0.1, -0.05) is 11.6 Å². The van der Waals surface area contributed by atoms with Crippen molar-refractivity contribution >= 4 is 21.6 Å². The van der Waals surface area contributed by atoms with Crippen LogP contribution in [0.4, 0.5) is 0 Å². The Hall–Kier alpha value is -0.620. The van der Waals surface area contributed by atoms with E-state index in [9.17, 15) is 8.42 Å². The van der Waals surface area contributed by atoms with E-state index < -0.39 is 10.0 Å². The lowest BCUT2D eigenvalue weighted by atomic mass is 9.92. The van der Waals surface area contributed by atoms with Crippen LogP contribution in [0.3, 0.4) is 0 Å². The van der Waals surface area contributed by atoms with Gasteiger partial charge in [0.25, 0.3) is 0 Å². The summed E-state index contributed by atoms with van der Waals surface area (Å²) in [6, 6.07) is 6.53. The van der Waals surface area contributed by atoms with Crippen LogP contribution in [-0.4, -0.2) is 31.9 Å². The maximum atomic E-state index is 12.5. The maximum Gasteiger partial charge on any atom is 0.243 e. The number of benzene rings is 1. The first-order valence-corrected chi connectivity index (χ1v) is 8.22. The molecular weight excluding hydrogens is 284 g/mol. The monoisotopic (exact) mass is 302 g/mol. The first-order chi connectivity index (χ1) is 8.91. The van der Waals surface area contributed by atoms with Gasteiger partial charge in [0.2, 0.25) is 10.0 Å². The first-order valence-electron chi connectivity index (χ1n) is 6.40. The predicted octanol–water partition coefficient (Wildman–Crippen LogP) is 2.23. The Bertz CT molecular complexity index is 522. The minimum absolute atomic E-state index is 0.0421. The second kappa shape index (κ2) is 5.79. The minimum Gasteiger partial charge on any atom is -0.328 e. The standard InChI is InChI=1S/C13H19ClN2O2S/c1-16(12-6-4-11(15)5-7-12)19(17,18)13-8-2-10(14)3-9-13/h2-3,8-9,11-12H,4-7,15H2,1H3. The molecule has 0 saturated heterocycles. The highest BCUT2D eigenvalue weighted by molar-refractivity contribution is 7.89. The van der Waals surface area contributed by atoms with Crippen molar-refractivity contribution in [3.8, 4) is 0 Å². The van der Waals surface area contributed by atoms with E-state index in [-0.39, 0.29) is 17.0 Å². The number of halogens is 1. The van der Waals surface area contributed by atoms with Gasteiger partial charge >= 0.3 is 0 Å². The summed E-state index contributed by atoms with van der Waals surface area (Å²) >= 11 is 5.78. The van der Waals surface area contributed by atoms with E-state index in [2.05, 4.69) is 0 Å². The van der Waals surface area contributed by atoms with Crippen molar-refractivity contribution in [1.29, 1.82) is 0 Å². The van der Waals surface area contributed by atoms with Gasteiger partial charge in [0.15, 0.2) is 0 Å². The van der Waals surface area contributed by atoms with Crippen LogP contribution in [-0.2, 0) is 10.0 Å². The average molecular weight is 303 g/mol. The third kappa shape index (κ3) is 3.28. The van der Waals surface area contributed by atoms with Crippen molar-refractivity contribution in [2.75, 3.05) is 7.05 Å². The second-order valence-corrected chi connectivity index (χ2v) is 7.48. The van der Waals surface area contributed by atoms with Crippen LogP contribution in [0.1, 0.15) is 25.7 Å². The fourth-order valence-electron chi connectivity index (χ4n) is 2.43. The quantitative estimate of drug-likeness (QED) is 0.931. The normalized spacial score (nSPS) is 24.6. The molecule has 2 N–H and O–H groups in total. The van der Waals surface area contributed by atoms with Gasteiger partial charge < -0.3 is 5.73 Å². The Morgan fingerprint density at radius 2 is 1.68 bits per heavy atom. The molecule has 1 aromatic carbocycles. The lowest BCUT2D eigenvalue weighted by Crippen LogP contribution is -2.41. The van der Waals surface area contributed by atoms with Crippen LogP contribution >= 0.6 is 11.6 Å². The number of rotatable bonds is 3. The predicted molar refractivity (Wildman–Crippen MR) is 76.6 cm³/mol. The molecule has 0 aliphatic heterocycles. The highest BCUT2D eigenvalue weighted by Crippen LogP contribution is 2.26. The van der Waals surface area contributed by atoms with Crippen LogP contribution in [0.2, 0.25) is 5.02 Å². The van der Waals surface area contributed by atoms with Gasteiger partial charge in [-0.05, 0) is 49.9 Å². The zero-order valence-electron chi connectivity index (χ0n) is 10.9. The van der Waals surface area contributed by atoms with Crippen LogP contribution < -0.4 is 5.73 Å². The van der Waals surface area contributed by atoms with E-state index in [1.54, 1.807) is 31.3 Å². The highest BCUT2D eigenvalue weighted by Gasteiger charge is 2.30. The summed E-state index contributed by atoms with van der Waals surface area (Å²) in [5.41, 5.74) is 5.85. The fraction of sp³-hybridized carbons (Fsp3) is 0.538. The van der Waals surface area contributed by atoms with Crippen molar-refractivity contribution in [1.82, 2.24) is 4.31 Å². The van der Waals surface area contributed by atoms with Crippen LogP contribution in [0.25, 0.3) is 0 Å². The van der Waals surface area contributed by atoms with Crippen molar-refractivity contribution in [3.63, 3.8) is 0 Å². The van der Waals surface area contributed by atoms with Gasteiger partial charge in [0, 0.05) is 24.2 Å². The Morgan fingerprint density at radius 1 is 1.16 bits per heavy atom. The molecule has 2 rings (SSSR count). The fourth-order valence-corrected chi connectivity index (χ4v) is 3.98. The molecule has 1 saturated carbocycles. The smallest absolute Gasteiger partial charge is 0.243 e. The van der Waals surface area contributed by atoms with E-state index in [1.807, 2.05) is 0 Å². The molecule has 0 heterocycles. The molecule has 0 spiro atoms. The Kier molecular flexibility index (Phi) is 4.50. The zero-order valence-corrected chi connectivity index (χ0v) is 12.5. The third-order valence-electron chi connectivity index (χ3n) is 3.75. The van der Waals surface area contributed by atoms with Crippen LogP contribution in [0.5, 0.6) is 0 Å². The van der Waals surface area contributed by atoms with Gasteiger partial charge in [-0.25, -0.2) is 8.42 Å². The molecule has 19 heavy (non-hydrogen) atoms. The Balaban J connectivity index is 2.17. The van der Waals surface area contributed by atoms with Crippen molar-refractivity contribution in [2.45, 2.75) is 42.7 Å². The summed E-state index contributed by atoms with van der Waals surface area (Å²) < 4.78 is 26.4. The number of hydrogen-bond acceptors (Lipinski definition) is 3.